The molecule has 1 N–H and O–H groups in total. The van der Waals surface area contributed by atoms with Crippen molar-refractivity contribution >= 4 is 35.0 Å². The highest BCUT2D eigenvalue weighted by Gasteiger charge is 2.50. The third kappa shape index (κ3) is 4.56. The molecule has 39 heavy (non-hydrogen) atoms. The predicted molar refractivity (Wildman–Crippen MR) is 148 cm³/mol. The van der Waals surface area contributed by atoms with Crippen LogP contribution in [0.5, 0.6) is 5.75 Å². The largest absolute Gasteiger partial charge is 0.497 e. The minimum absolute atomic E-state index is 0.273. The van der Waals surface area contributed by atoms with Crippen LogP contribution < -0.4 is 15.0 Å². The highest BCUT2D eigenvalue weighted by Crippen LogP contribution is 2.41. The number of para-hydroxylation sites is 1. The number of aryl methyl sites for hydroxylation is 2. The fourth-order valence-corrected chi connectivity index (χ4v) is 5.70. The van der Waals surface area contributed by atoms with Gasteiger partial charge in [-0.1, -0.05) is 43.2 Å². The Bertz CT molecular complexity index is 1400. The molecule has 3 aromatic rings. The first-order valence-electron chi connectivity index (χ1n) is 13.1. The summed E-state index contributed by atoms with van der Waals surface area (Å²) in [6, 6.07) is 19.2. The zero-order valence-electron chi connectivity index (χ0n) is 22.3. The number of methoxy groups -OCH3 is 1. The molecule has 3 aromatic carbocycles. The predicted octanol–water partition coefficient (Wildman–Crippen LogP) is 4.89. The summed E-state index contributed by atoms with van der Waals surface area (Å²) < 4.78 is 5.30. The van der Waals surface area contributed by atoms with Gasteiger partial charge in [-0.2, -0.15) is 0 Å². The van der Waals surface area contributed by atoms with Crippen LogP contribution in [0.3, 0.4) is 0 Å². The molecule has 0 spiro atoms. The van der Waals surface area contributed by atoms with E-state index < -0.39 is 29.8 Å². The second-order valence-corrected chi connectivity index (χ2v) is 10.1. The van der Waals surface area contributed by atoms with E-state index in [1.54, 1.807) is 55.6 Å². The molecule has 0 aromatic heterocycles. The summed E-state index contributed by atoms with van der Waals surface area (Å²) in [5.74, 6) is -1.22. The first kappa shape index (κ1) is 26.2. The second-order valence-electron chi connectivity index (χ2n) is 10.1. The number of amides is 4. The van der Waals surface area contributed by atoms with Gasteiger partial charge in [0, 0.05) is 11.4 Å². The molecule has 8 heteroatoms. The fraction of sp³-hybridized carbons (Fsp3) is 0.290. The van der Waals surface area contributed by atoms with Crippen LogP contribution in [0.2, 0.25) is 0 Å². The normalized spacial score (nSPS) is 15.7. The SMILES string of the molecule is COc1ccc(N(C(=O)CN2C(=O)c3ccccc3C2=O)C2(C(=O)Nc3c(C)cccc3C)CCCC2)cc1. The maximum absolute atomic E-state index is 14.2. The lowest BCUT2D eigenvalue weighted by Crippen LogP contribution is -2.60. The quantitative estimate of drug-likeness (QED) is 0.443. The summed E-state index contributed by atoms with van der Waals surface area (Å²) >= 11 is 0. The van der Waals surface area contributed by atoms with Crippen molar-refractivity contribution in [2.75, 3.05) is 23.9 Å². The molecule has 0 unspecified atom stereocenters. The van der Waals surface area contributed by atoms with Gasteiger partial charge >= 0.3 is 0 Å². The zero-order valence-corrected chi connectivity index (χ0v) is 22.3. The number of nitrogens with one attached hydrogen (secondary N) is 1. The standard InChI is InChI=1S/C31H31N3O5/c1-20-9-8-10-21(2)27(20)32-30(38)31(17-6-7-18-31)34(22-13-15-23(39-3)16-14-22)26(35)19-33-28(36)24-11-4-5-12-25(24)29(33)37/h4-5,8-16H,6-7,17-19H2,1-3H3,(H,32,38). The monoisotopic (exact) mass is 525 g/mol. The molecular formula is C31H31N3O5. The van der Waals surface area contributed by atoms with Gasteiger partial charge in [-0.05, 0) is 74.2 Å². The number of carbonyl (C=O) groups excluding carboxylic acids is 4. The average Bonchev–Trinajstić information content (AvgIpc) is 3.52. The van der Waals surface area contributed by atoms with Gasteiger partial charge in [0.25, 0.3) is 17.7 Å². The molecule has 2 aliphatic rings. The topological polar surface area (TPSA) is 96.0 Å². The number of benzene rings is 3. The van der Waals surface area contributed by atoms with Gasteiger partial charge in [0.1, 0.15) is 17.8 Å². The van der Waals surface area contributed by atoms with Crippen molar-refractivity contribution < 1.29 is 23.9 Å². The maximum Gasteiger partial charge on any atom is 0.262 e. The van der Waals surface area contributed by atoms with E-state index >= 15 is 0 Å². The molecule has 5 rings (SSSR count). The van der Waals surface area contributed by atoms with Crippen molar-refractivity contribution in [2.24, 2.45) is 0 Å². The number of carbonyl (C=O) groups is 4. The van der Waals surface area contributed by atoms with E-state index in [0.29, 0.717) is 24.3 Å². The first-order valence-corrected chi connectivity index (χ1v) is 13.1. The highest BCUT2D eigenvalue weighted by molar-refractivity contribution is 6.23. The summed E-state index contributed by atoms with van der Waals surface area (Å²) in [5.41, 5.74) is 2.41. The number of imide groups is 1. The molecule has 0 radical (unpaired) electrons. The van der Waals surface area contributed by atoms with Crippen LogP contribution in [-0.4, -0.2) is 47.7 Å². The molecule has 0 saturated heterocycles. The second kappa shape index (κ2) is 10.4. The van der Waals surface area contributed by atoms with Crippen LogP contribution in [0, 0.1) is 13.8 Å². The van der Waals surface area contributed by atoms with Gasteiger partial charge in [0.05, 0.1) is 18.2 Å². The van der Waals surface area contributed by atoms with Crippen molar-refractivity contribution in [3.8, 4) is 5.75 Å². The molecule has 1 saturated carbocycles. The average molecular weight is 526 g/mol. The molecule has 1 fully saturated rings. The van der Waals surface area contributed by atoms with Crippen molar-refractivity contribution in [2.45, 2.75) is 45.1 Å². The lowest BCUT2D eigenvalue weighted by molar-refractivity contribution is -0.127. The molecule has 0 bridgehead atoms. The Morgan fingerprint density at radius 2 is 1.44 bits per heavy atom. The van der Waals surface area contributed by atoms with Crippen molar-refractivity contribution in [3.05, 3.63) is 89.0 Å². The van der Waals surface area contributed by atoms with Gasteiger partial charge in [-0.3, -0.25) is 29.0 Å². The van der Waals surface area contributed by atoms with Crippen LogP contribution in [0.25, 0.3) is 0 Å². The number of nitrogens with zero attached hydrogens (tertiary/aromatic N) is 2. The Kier molecular flexibility index (Phi) is 6.95. The summed E-state index contributed by atoms with van der Waals surface area (Å²) in [7, 11) is 1.55. The van der Waals surface area contributed by atoms with Crippen molar-refractivity contribution in [3.63, 3.8) is 0 Å². The number of ether oxygens (including phenoxy) is 1. The first-order chi connectivity index (χ1) is 18.8. The molecule has 0 atom stereocenters. The molecule has 200 valence electrons. The third-order valence-electron chi connectivity index (χ3n) is 7.75. The Morgan fingerprint density at radius 3 is 1.97 bits per heavy atom. The van der Waals surface area contributed by atoms with E-state index in [9.17, 15) is 19.2 Å². The molecule has 8 nitrogen and oxygen atoms in total. The lowest BCUT2D eigenvalue weighted by Gasteiger charge is -2.41. The lowest BCUT2D eigenvalue weighted by atomic mass is 9.91. The van der Waals surface area contributed by atoms with Gasteiger partial charge in [-0.15, -0.1) is 0 Å². The highest BCUT2D eigenvalue weighted by atomic mass is 16.5. The van der Waals surface area contributed by atoms with E-state index in [2.05, 4.69) is 5.32 Å². The molecule has 4 amide bonds. The minimum atomic E-state index is -1.20. The minimum Gasteiger partial charge on any atom is -0.497 e. The third-order valence-corrected chi connectivity index (χ3v) is 7.75. The van der Waals surface area contributed by atoms with Crippen molar-refractivity contribution in [1.29, 1.82) is 0 Å². The van der Waals surface area contributed by atoms with E-state index in [4.69, 9.17) is 4.74 Å². The van der Waals surface area contributed by atoms with Crippen LogP contribution in [0.4, 0.5) is 11.4 Å². The fourth-order valence-electron chi connectivity index (χ4n) is 5.70. The summed E-state index contributed by atoms with van der Waals surface area (Å²) in [6.45, 7) is 3.38. The number of anilines is 2. The number of hydrogen-bond donors (Lipinski definition) is 1. The maximum atomic E-state index is 14.2. The Balaban J connectivity index is 1.54. The van der Waals surface area contributed by atoms with Gasteiger partial charge in [0.15, 0.2) is 0 Å². The van der Waals surface area contributed by atoms with Gasteiger partial charge < -0.3 is 10.1 Å². The Labute approximate surface area is 227 Å². The van der Waals surface area contributed by atoms with Crippen LogP contribution in [0.15, 0.2) is 66.7 Å². The Morgan fingerprint density at radius 1 is 0.872 bits per heavy atom. The van der Waals surface area contributed by atoms with Crippen LogP contribution in [-0.2, 0) is 9.59 Å². The van der Waals surface area contributed by atoms with Gasteiger partial charge in [0.2, 0.25) is 5.91 Å². The number of hydrogen-bond acceptors (Lipinski definition) is 5. The zero-order chi connectivity index (χ0) is 27.7. The molecular weight excluding hydrogens is 494 g/mol. The molecule has 1 aliphatic heterocycles. The van der Waals surface area contributed by atoms with Crippen molar-refractivity contribution in [1.82, 2.24) is 4.90 Å². The molecule has 1 heterocycles. The van der Waals surface area contributed by atoms with E-state index in [1.165, 1.54) is 4.90 Å². The van der Waals surface area contributed by atoms with E-state index in [1.807, 2.05) is 32.0 Å². The molecule has 1 aliphatic carbocycles. The van der Waals surface area contributed by atoms with E-state index in [-0.39, 0.29) is 17.0 Å². The summed E-state index contributed by atoms with van der Waals surface area (Å²) in [6.07, 6.45) is 2.41. The smallest absolute Gasteiger partial charge is 0.262 e. The van der Waals surface area contributed by atoms with Crippen LogP contribution in [0.1, 0.15) is 57.5 Å². The summed E-state index contributed by atoms with van der Waals surface area (Å²) in [5, 5.41) is 3.11. The number of rotatable bonds is 7. The summed E-state index contributed by atoms with van der Waals surface area (Å²) in [4.78, 5) is 56.9. The van der Waals surface area contributed by atoms with Crippen LogP contribution >= 0.6 is 0 Å². The number of fused-ring (bicyclic) bond motifs is 1. The Hall–Kier alpha value is -4.46. The van der Waals surface area contributed by atoms with Gasteiger partial charge in [-0.25, -0.2) is 0 Å². The van der Waals surface area contributed by atoms with E-state index in [0.717, 1.165) is 34.6 Å².